The molecule has 2 aromatic rings. The number of non-ortho nitro benzene ring substituents is 1. The molecule has 0 saturated carbocycles. The largest absolute Gasteiger partial charge is 0.497 e. The average Bonchev–Trinajstić information content (AvgIpc) is 3.24. The molecule has 3 rings (SSSR count). The van der Waals surface area contributed by atoms with Crippen molar-refractivity contribution in [3.8, 4) is 5.75 Å². The van der Waals surface area contributed by atoms with Gasteiger partial charge in [-0.3, -0.25) is 19.7 Å². The number of thioether (sulfide) groups is 2. The fraction of sp³-hybridized carbons (Fsp3) is 0.300. The average molecular weight is 448 g/mol. The minimum absolute atomic E-state index is 0.00420. The fourth-order valence-corrected chi connectivity index (χ4v) is 5.01. The summed E-state index contributed by atoms with van der Waals surface area (Å²) in [6.45, 7) is 1.77. The molecular formula is C20H21N3O5S2. The Morgan fingerprint density at radius 1 is 1.23 bits per heavy atom. The summed E-state index contributed by atoms with van der Waals surface area (Å²) in [5.41, 5.74) is 0.642. The Hall–Kier alpha value is -2.72. The lowest BCUT2D eigenvalue weighted by Crippen LogP contribution is -2.47. The third kappa shape index (κ3) is 5.25. The van der Waals surface area contributed by atoms with E-state index in [1.807, 2.05) is 0 Å². The Labute approximate surface area is 182 Å². The van der Waals surface area contributed by atoms with E-state index >= 15 is 0 Å². The quantitative estimate of drug-likeness (QED) is 0.393. The first-order valence-corrected chi connectivity index (χ1v) is 11.2. The van der Waals surface area contributed by atoms with E-state index in [1.165, 1.54) is 35.7 Å². The van der Waals surface area contributed by atoms with Gasteiger partial charge in [-0.15, -0.1) is 23.5 Å². The van der Waals surface area contributed by atoms with Gasteiger partial charge in [0.2, 0.25) is 11.8 Å². The van der Waals surface area contributed by atoms with Crippen molar-refractivity contribution in [2.24, 2.45) is 0 Å². The summed E-state index contributed by atoms with van der Waals surface area (Å²) in [5, 5.41) is 13.2. The van der Waals surface area contributed by atoms with Crippen molar-refractivity contribution in [2.45, 2.75) is 23.1 Å². The molecule has 1 saturated heterocycles. The zero-order valence-electron chi connectivity index (χ0n) is 16.4. The molecule has 1 fully saturated rings. The second kappa shape index (κ2) is 9.86. The second-order valence-corrected chi connectivity index (χ2v) is 8.97. The summed E-state index contributed by atoms with van der Waals surface area (Å²) >= 11 is 2.84. The lowest BCUT2D eigenvalue weighted by atomic mass is 10.2. The normalized spacial score (nSPS) is 16.7. The van der Waals surface area contributed by atoms with Crippen LogP contribution in [-0.4, -0.2) is 51.7 Å². The summed E-state index contributed by atoms with van der Waals surface area (Å²) < 4.78 is 5.11. The number of ether oxygens (including phenoxy) is 1. The zero-order chi connectivity index (χ0) is 21.7. The van der Waals surface area contributed by atoms with E-state index in [-0.39, 0.29) is 17.5 Å². The molecule has 8 nitrogen and oxygen atoms in total. The van der Waals surface area contributed by atoms with Gasteiger partial charge in [0.05, 0.1) is 23.2 Å². The van der Waals surface area contributed by atoms with Crippen molar-refractivity contribution < 1.29 is 19.2 Å². The standard InChI is InChI=1S/C20H21N3O5S2/c1-13(30-17-9-5-15(6-10-17)23(26)27)20(25)22-12-29-11-18(22)19(24)21-14-3-7-16(28-2)8-4-14/h3-10,13,18H,11-12H2,1-2H3,(H,21,24). The number of amides is 2. The first-order chi connectivity index (χ1) is 14.4. The number of hydrogen-bond donors (Lipinski definition) is 1. The molecule has 30 heavy (non-hydrogen) atoms. The molecule has 158 valence electrons. The molecule has 0 spiro atoms. The highest BCUT2D eigenvalue weighted by atomic mass is 32.2. The van der Waals surface area contributed by atoms with Gasteiger partial charge in [0.1, 0.15) is 11.8 Å². The monoisotopic (exact) mass is 447 g/mol. The highest BCUT2D eigenvalue weighted by molar-refractivity contribution is 8.00. The number of nitrogens with one attached hydrogen (secondary N) is 1. The number of nitro groups is 1. The first-order valence-electron chi connectivity index (χ1n) is 9.13. The number of methoxy groups -OCH3 is 1. The van der Waals surface area contributed by atoms with Crippen LogP contribution in [0.15, 0.2) is 53.4 Å². The van der Waals surface area contributed by atoms with Crippen LogP contribution in [0, 0.1) is 10.1 Å². The van der Waals surface area contributed by atoms with Gasteiger partial charge in [-0.2, -0.15) is 0 Å². The molecule has 2 unspecified atom stereocenters. The Morgan fingerprint density at radius 2 is 1.90 bits per heavy atom. The van der Waals surface area contributed by atoms with Gasteiger partial charge < -0.3 is 15.0 Å². The number of carbonyl (C=O) groups excluding carboxylic acids is 2. The summed E-state index contributed by atoms with van der Waals surface area (Å²) in [4.78, 5) is 38.4. The highest BCUT2D eigenvalue weighted by Crippen LogP contribution is 2.30. The van der Waals surface area contributed by atoms with Gasteiger partial charge in [0.15, 0.2) is 0 Å². The number of benzene rings is 2. The van der Waals surface area contributed by atoms with Gasteiger partial charge in [-0.05, 0) is 43.3 Å². The molecule has 2 aromatic carbocycles. The van der Waals surface area contributed by atoms with E-state index < -0.39 is 16.2 Å². The minimum Gasteiger partial charge on any atom is -0.497 e. The lowest BCUT2D eigenvalue weighted by molar-refractivity contribution is -0.384. The molecule has 0 aliphatic carbocycles. The Morgan fingerprint density at radius 3 is 2.50 bits per heavy atom. The summed E-state index contributed by atoms with van der Waals surface area (Å²) in [6.07, 6.45) is 0. The highest BCUT2D eigenvalue weighted by Gasteiger charge is 2.36. The summed E-state index contributed by atoms with van der Waals surface area (Å²) in [7, 11) is 1.57. The van der Waals surface area contributed by atoms with Crippen molar-refractivity contribution in [1.82, 2.24) is 4.90 Å². The van der Waals surface area contributed by atoms with Crippen LogP contribution in [0.3, 0.4) is 0 Å². The van der Waals surface area contributed by atoms with E-state index in [1.54, 1.807) is 55.3 Å². The van der Waals surface area contributed by atoms with E-state index in [4.69, 9.17) is 4.74 Å². The van der Waals surface area contributed by atoms with Crippen LogP contribution >= 0.6 is 23.5 Å². The van der Waals surface area contributed by atoms with E-state index in [9.17, 15) is 19.7 Å². The third-order valence-corrected chi connectivity index (χ3v) is 6.65. The molecule has 0 radical (unpaired) electrons. The van der Waals surface area contributed by atoms with Gasteiger partial charge in [0.25, 0.3) is 5.69 Å². The Balaban J connectivity index is 1.62. The number of rotatable bonds is 7. The number of carbonyl (C=O) groups is 2. The van der Waals surface area contributed by atoms with Crippen molar-refractivity contribution in [2.75, 3.05) is 24.1 Å². The fourth-order valence-electron chi connectivity index (χ4n) is 2.91. The van der Waals surface area contributed by atoms with Crippen LogP contribution in [0.5, 0.6) is 5.75 Å². The van der Waals surface area contributed by atoms with Gasteiger partial charge in [-0.1, -0.05) is 0 Å². The van der Waals surface area contributed by atoms with Crippen LogP contribution in [-0.2, 0) is 9.59 Å². The Kier molecular flexibility index (Phi) is 7.22. The van der Waals surface area contributed by atoms with Gasteiger partial charge in [-0.25, -0.2) is 0 Å². The zero-order valence-corrected chi connectivity index (χ0v) is 18.1. The molecule has 1 heterocycles. The van der Waals surface area contributed by atoms with Gasteiger partial charge in [0, 0.05) is 28.5 Å². The molecule has 10 heteroatoms. The predicted molar refractivity (Wildman–Crippen MR) is 118 cm³/mol. The molecule has 0 aromatic heterocycles. The molecule has 1 aliphatic rings. The lowest BCUT2D eigenvalue weighted by Gasteiger charge is -2.25. The summed E-state index contributed by atoms with van der Waals surface area (Å²) in [5.74, 6) is 1.30. The first kappa shape index (κ1) is 22.0. The second-order valence-electron chi connectivity index (χ2n) is 6.55. The number of anilines is 1. The molecule has 1 aliphatic heterocycles. The predicted octanol–water partition coefficient (Wildman–Crippen LogP) is 3.62. The molecule has 2 amide bonds. The molecular weight excluding hydrogens is 426 g/mol. The van der Waals surface area contributed by atoms with Crippen molar-refractivity contribution in [3.63, 3.8) is 0 Å². The van der Waals surface area contributed by atoms with Gasteiger partial charge >= 0.3 is 0 Å². The topological polar surface area (TPSA) is 102 Å². The van der Waals surface area contributed by atoms with E-state index in [2.05, 4.69) is 5.32 Å². The van der Waals surface area contributed by atoms with E-state index in [0.29, 0.717) is 23.1 Å². The van der Waals surface area contributed by atoms with E-state index in [0.717, 1.165) is 4.90 Å². The Bertz CT molecular complexity index is 921. The molecule has 1 N–H and O–H groups in total. The van der Waals surface area contributed by atoms with Crippen LogP contribution in [0.2, 0.25) is 0 Å². The molecule has 0 bridgehead atoms. The third-order valence-electron chi connectivity index (χ3n) is 4.53. The number of nitro benzene ring substituents is 1. The summed E-state index contributed by atoms with van der Waals surface area (Å²) in [6, 6.07) is 12.5. The maximum Gasteiger partial charge on any atom is 0.269 e. The van der Waals surface area contributed by atoms with Crippen molar-refractivity contribution in [3.05, 3.63) is 58.6 Å². The minimum atomic E-state index is -0.551. The maximum absolute atomic E-state index is 13.0. The maximum atomic E-state index is 13.0. The van der Waals surface area contributed by atoms with Crippen LogP contribution < -0.4 is 10.1 Å². The van der Waals surface area contributed by atoms with Crippen molar-refractivity contribution >= 4 is 46.7 Å². The van der Waals surface area contributed by atoms with Crippen LogP contribution in [0.25, 0.3) is 0 Å². The number of nitrogens with zero attached hydrogens (tertiary/aromatic N) is 2. The smallest absolute Gasteiger partial charge is 0.269 e. The van der Waals surface area contributed by atoms with Crippen LogP contribution in [0.4, 0.5) is 11.4 Å². The number of hydrogen-bond acceptors (Lipinski definition) is 7. The van der Waals surface area contributed by atoms with Crippen molar-refractivity contribution in [1.29, 1.82) is 0 Å². The molecule has 2 atom stereocenters. The van der Waals surface area contributed by atoms with Crippen LogP contribution in [0.1, 0.15) is 6.92 Å². The SMILES string of the molecule is COc1ccc(NC(=O)C2CSCN2C(=O)C(C)Sc2ccc([N+](=O)[O-])cc2)cc1.